The quantitative estimate of drug-likeness (QED) is 0.483. The monoisotopic (exact) mass is 563 g/mol. The fourth-order valence-electron chi connectivity index (χ4n) is 5.36. The lowest BCUT2D eigenvalue weighted by Gasteiger charge is -2.34. The van der Waals surface area contributed by atoms with Gasteiger partial charge in [0.1, 0.15) is 0 Å². The second-order valence-electron chi connectivity index (χ2n) is 9.96. The van der Waals surface area contributed by atoms with Crippen molar-refractivity contribution in [1.82, 2.24) is 14.5 Å². The lowest BCUT2D eigenvalue weighted by Crippen LogP contribution is -2.57. The van der Waals surface area contributed by atoms with Crippen LogP contribution in [0.5, 0.6) is 0 Å². The minimum absolute atomic E-state index is 0.107. The van der Waals surface area contributed by atoms with Gasteiger partial charge in [0.25, 0.3) is 11.8 Å². The summed E-state index contributed by atoms with van der Waals surface area (Å²) in [5, 5.41) is 12.2. The van der Waals surface area contributed by atoms with Crippen LogP contribution in [0.1, 0.15) is 54.4 Å². The molecule has 9 nitrogen and oxygen atoms in total. The van der Waals surface area contributed by atoms with Gasteiger partial charge in [0.15, 0.2) is 17.8 Å². The molecule has 0 spiro atoms. The number of hydrogen-bond donors (Lipinski definition) is 2. The summed E-state index contributed by atoms with van der Waals surface area (Å²) >= 11 is 0. The Labute approximate surface area is 225 Å². The smallest absolute Gasteiger partial charge is 0.305 e. The van der Waals surface area contributed by atoms with E-state index in [1.807, 2.05) is 0 Å². The van der Waals surface area contributed by atoms with E-state index in [4.69, 9.17) is 0 Å². The van der Waals surface area contributed by atoms with Crippen LogP contribution in [-0.4, -0.2) is 65.8 Å². The first kappa shape index (κ1) is 28.6. The van der Waals surface area contributed by atoms with Gasteiger partial charge in [-0.05, 0) is 42.5 Å². The third kappa shape index (κ3) is 6.80. The lowest BCUT2D eigenvalue weighted by atomic mass is 9.82. The van der Waals surface area contributed by atoms with Gasteiger partial charge < -0.3 is 15.3 Å². The summed E-state index contributed by atoms with van der Waals surface area (Å²) in [7, 11) is -4.13. The Morgan fingerprint density at radius 3 is 2.31 bits per heavy atom. The van der Waals surface area contributed by atoms with Crippen molar-refractivity contribution in [1.29, 1.82) is 0 Å². The highest BCUT2D eigenvalue weighted by Gasteiger charge is 2.47. The van der Waals surface area contributed by atoms with Gasteiger partial charge in [-0.15, -0.1) is 0 Å². The number of carbonyl (C=O) groups excluding carboxylic acids is 2. The molecule has 1 aliphatic heterocycles. The maximum Gasteiger partial charge on any atom is 0.305 e. The predicted octanol–water partition coefficient (Wildman–Crippen LogP) is 3.12. The number of sulfonamides is 1. The molecule has 1 heterocycles. The number of carboxylic acid groups (broad SMARTS) is 1. The molecule has 210 valence electrons. The summed E-state index contributed by atoms with van der Waals surface area (Å²) in [6.45, 7) is -0.368. The summed E-state index contributed by atoms with van der Waals surface area (Å²) in [6, 6.07) is 10.1. The van der Waals surface area contributed by atoms with Crippen LogP contribution in [0.4, 0.5) is 8.78 Å². The van der Waals surface area contributed by atoms with E-state index in [2.05, 4.69) is 5.32 Å². The predicted molar refractivity (Wildman–Crippen MR) is 138 cm³/mol. The van der Waals surface area contributed by atoms with E-state index < -0.39 is 57.4 Å². The van der Waals surface area contributed by atoms with Crippen molar-refractivity contribution in [2.24, 2.45) is 5.92 Å². The van der Waals surface area contributed by atoms with Crippen molar-refractivity contribution >= 4 is 27.8 Å². The molecule has 0 radical (unpaired) electrons. The maximum atomic E-state index is 13.9. The van der Waals surface area contributed by atoms with Gasteiger partial charge in [0, 0.05) is 24.7 Å². The summed E-state index contributed by atoms with van der Waals surface area (Å²) in [5.74, 6) is -5.74. The number of halogens is 2. The zero-order chi connectivity index (χ0) is 28.2. The van der Waals surface area contributed by atoms with Crippen molar-refractivity contribution < 1.29 is 36.7 Å². The molecule has 2 unspecified atom stereocenters. The number of nitrogens with zero attached hydrogens (tertiary/aromatic N) is 2. The fraction of sp³-hybridized carbons (Fsp3) is 0.444. The maximum absolute atomic E-state index is 13.9. The summed E-state index contributed by atoms with van der Waals surface area (Å²) < 4.78 is 55.3. The van der Waals surface area contributed by atoms with Crippen LogP contribution in [0, 0.1) is 17.6 Å². The Hall–Kier alpha value is -3.38. The van der Waals surface area contributed by atoms with E-state index in [9.17, 15) is 36.7 Å². The van der Waals surface area contributed by atoms with Crippen LogP contribution in [0.25, 0.3) is 0 Å². The summed E-state index contributed by atoms with van der Waals surface area (Å²) in [5.41, 5.74) is 0.233. The van der Waals surface area contributed by atoms with Crippen LogP contribution in [0.15, 0.2) is 48.5 Å². The van der Waals surface area contributed by atoms with Gasteiger partial charge in [0.05, 0.1) is 12.2 Å². The van der Waals surface area contributed by atoms with Gasteiger partial charge in [0.2, 0.25) is 10.0 Å². The van der Waals surface area contributed by atoms with Gasteiger partial charge in [-0.1, -0.05) is 49.6 Å². The highest BCUT2D eigenvalue weighted by Crippen LogP contribution is 2.29. The molecule has 2 fully saturated rings. The van der Waals surface area contributed by atoms with Crippen molar-refractivity contribution in [3.8, 4) is 0 Å². The normalized spacial score (nSPS) is 19.5. The minimum atomic E-state index is -4.13. The summed E-state index contributed by atoms with van der Waals surface area (Å²) in [4.78, 5) is 39.7. The second kappa shape index (κ2) is 12.2. The van der Waals surface area contributed by atoms with Crippen LogP contribution >= 0.6 is 0 Å². The van der Waals surface area contributed by atoms with E-state index in [0.29, 0.717) is 11.6 Å². The number of carboxylic acids is 1. The highest BCUT2D eigenvalue weighted by atomic mass is 32.2. The molecule has 2 aromatic carbocycles. The average molecular weight is 564 g/mol. The fourth-order valence-corrected chi connectivity index (χ4v) is 7.02. The second-order valence-corrected chi connectivity index (χ2v) is 11.9. The van der Waals surface area contributed by atoms with Crippen molar-refractivity contribution in [2.45, 2.75) is 56.5 Å². The zero-order valence-corrected chi connectivity index (χ0v) is 22.1. The molecule has 0 aromatic heterocycles. The van der Waals surface area contributed by atoms with Gasteiger partial charge in [-0.2, -0.15) is 4.31 Å². The Bertz CT molecular complexity index is 1320. The Balaban J connectivity index is 1.66. The standard InChI is InChI=1S/C27H31F2N3O6S/c28-21-12-11-20(15-22(21)29)27(36)31-13-14-32(39(37,38)17-18-7-3-1-4-8-18)26(31)25(35)30-23(16-24(33)34)19-9-5-2-6-10-19/h1,3-4,7-8,11-12,15,19,23,26H,2,5-6,9-10,13-14,16-17H2,(H,30,35)(H,33,34). The van der Waals surface area contributed by atoms with E-state index in [1.165, 1.54) is 0 Å². The first-order valence-electron chi connectivity index (χ1n) is 12.9. The topological polar surface area (TPSA) is 124 Å². The van der Waals surface area contributed by atoms with Crippen LogP contribution < -0.4 is 5.32 Å². The molecular weight excluding hydrogens is 532 g/mol. The Kier molecular flexibility index (Phi) is 8.96. The number of nitrogens with one attached hydrogen (secondary N) is 1. The zero-order valence-electron chi connectivity index (χ0n) is 21.3. The largest absolute Gasteiger partial charge is 0.481 e. The third-order valence-corrected chi connectivity index (χ3v) is 9.08. The molecule has 2 N–H and O–H groups in total. The molecule has 4 rings (SSSR count). The van der Waals surface area contributed by atoms with Gasteiger partial charge in [-0.25, -0.2) is 17.2 Å². The van der Waals surface area contributed by atoms with Crippen molar-refractivity contribution in [3.05, 3.63) is 71.3 Å². The van der Waals surface area contributed by atoms with E-state index in [0.717, 1.165) is 53.4 Å². The Morgan fingerprint density at radius 1 is 0.974 bits per heavy atom. The average Bonchev–Trinajstić information content (AvgIpc) is 3.37. The molecule has 1 aliphatic carbocycles. The molecule has 2 atom stereocenters. The molecule has 2 aliphatic rings. The first-order valence-corrected chi connectivity index (χ1v) is 14.5. The van der Waals surface area contributed by atoms with Crippen molar-refractivity contribution in [2.75, 3.05) is 13.1 Å². The van der Waals surface area contributed by atoms with Crippen LogP contribution in [-0.2, 0) is 25.4 Å². The van der Waals surface area contributed by atoms with Crippen molar-refractivity contribution in [3.63, 3.8) is 0 Å². The van der Waals surface area contributed by atoms with Gasteiger partial charge in [-0.3, -0.25) is 14.4 Å². The number of hydrogen-bond acceptors (Lipinski definition) is 5. The van der Waals surface area contributed by atoms with Crippen LogP contribution in [0.3, 0.4) is 0 Å². The molecule has 1 saturated carbocycles. The lowest BCUT2D eigenvalue weighted by molar-refractivity contribution is -0.138. The number of benzene rings is 2. The Morgan fingerprint density at radius 2 is 1.67 bits per heavy atom. The summed E-state index contributed by atoms with van der Waals surface area (Å²) in [6.07, 6.45) is 2.24. The third-order valence-electron chi connectivity index (χ3n) is 7.28. The number of aliphatic carboxylic acids is 1. The van der Waals surface area contributed by atoms with E-state index >= 15 is 0 Å². The van der Waals surface area contributed by atoms with Crippen LogP contribution in [0.2, 0.25) is 0 Å². The molecule has 0 bridgehead atoms. The molecular formula is C27H31F2N3O6S. The number of rotatable bonds is 9. The molecule has 2 aromatic rings. The number of amides is 2. The molecule has 2 amide bonds. The molecule has 39 heavy (non-hydrogen) atoms. The minimum Gasteiger partial charge on any atom is -0.481 e. The number of carbonyl (C=O) groups is 3. The van der Waals surface area contributed by atoms with E-state index in [1.54, 1.807) is 30.3 Å². The highest BCUT2D eigenvalue weighted by molar-refractivity contribution is 7.88. The van der Waals surface area contributed by atoms with E-state index in [-0.39, 0.29) is 31.0 Å². The SMILES string of the molecule is O=C(O)CC(NC(=O)C1N(C(=O)c2ccc(F)c(F)c2)CCN1S(=O)(=O)Cc1ccccc1)C1CCCCC1. The molecule has 1 saturated heterocycles. The first-order chi connectivity index (χ1) is 18.6. The van der Waals surface area contributed by atoms with Gasteiger partial charge >= 0.3 is 5.97 Å². The molecule has 12 heteroatoms.